The molecule has 0 atom stereocenters. The molecule has 0 fully saturated rings. The molecule has 0 saturated carbocycles. The first-order chi connectivity index (χ1) is 8.28. The van der Waals surface area contributed by atoms with Crippen LogP contribution in [0.2, 0.25) is 0 Å². The van der Waals surface area contributed by atoms with Crippen molar-refractivity contribution in [3.63, 3.8) is 0 Å². The lowest BCUT2D eigenvalue weighted by Crippen LogP contribution is -2.06. The molecule has 2 aromatic rings. The van der Waals surface area contributed by atoms with Crippen LogP contribution < -0.4 is 0 Å². The summed E-state index contributed by atoms with van der Waals surface area (Å²) in [5.74, 6) is 0.181. The molecule has 0 aliphatic heterocycles. The monoisotopic (exact) mass is 264 g/mol. The van der Waals surface area contributed by atoms with Gasteiger partial charge in [0.05, 0.1) is 6.42 Å². The molecule has 3 nitrogen and oxygen atoms in total. The van der Waals surface area contributed by atoms with Crippen molar-refractivity contribution in [2.24, 2.45) is 0 Å². The van der Waals surface area contributed by atoms with Crippen molar-refractivity contribution in [1.29, 1.82) is 0 Å². The van der Waals surface area contributed by atoms with E-state index in [9.17, 15) is 4.79 Å². The molecule has 0 aliphatic rings. The van der Waals surface area contributed by atoms with Crippen LogP contribution in [-0.4, -0.2) is 21.4 Å². The number of benzene rings is 1. The minimum absolute atomic E-state index is 0.181. The number of hydrogen-bond donors (Lipinski definition) is 0. The lowest BCUT2D eigenvalue weighted by atomic mass is 10.1. The Labute approximate surface area is 108 Å². The van der Waals surface area contributed by atoms with Gasteiger partial charge >= 0.3 is 0 Å². The summed E-state index contributed by atoms with van der Waals surface area (Å²) < 4.78 is 4.14. The van der Waals surface area contributed by atoms with Crippen molar-refractivity contribution in [2.45, 2.75) is 18.0 Å². The molecule has 5 heteroatoms. The number of carbonyl (C=O) groups excluding carboxylic acids is 1. The molecule has 1 heterocycles. The molecular formula is C12H12N2OS2. The molecule has 0 aliphatic carbocycles. The van der Waals surface area contributed by atoms with Gasteiger partial charge in [-0.25, -0.2) is 4.98 Å². The van der Waals surface area contributed by atoms with Crippen molar-refractivity contribution in [1.82, 2.24) is 9.36 Å². The van der Waals surface area contributed by atoms with Crippen molar-refractivity contribution >= 4 is 29.1 Å². The Kier molecular flexibility index (Phi) is 4.28. The van der Waals surface area contributed by atoms with Crippen LogP contribution in [0.4, 0.5) is 0 Å². The quantitative estimate of drug-likeness (QED) is 0.779. The molecule has 1 aromatic carbocycles. The zero-order valence-electron chi connectivity index (χ0n) is 9.42. The molecule has 0 radical (unpaired) electrons. The zero-order valence-corrected chi connectivity index (χ0v) is 11.1. The van der Waals surface area contributed by atoms with Crippen LogP contribution in [0.15, 0.2) is 35.5 Å². The Bertz CT molecular complexity index is 496. The second-order valence-corrected chi connectivity index (χ2v) is 5.16. The Morgan fingerprint density at radius 2 is 2.06 bits per heavy atom. The number of carbonyl (C=O) groups is 1. The summed E-state index contributed by atoms with van der Waals surface area (Å²) in [4.78, 5) is 16.1. The van der Waals surface area contributed by atoms with E-state index in [0.29, 0.717) is 12.8 Å². The number of ketones is 1. The van der Waals surface area contributed by atoms with E-state index in [1.165, 1.54) is 23.3 Å². The maximum absolute atomic E-state index is 11.8. The third-order valence-electron chi connectivity index (χ3n) is 2.22. The molecule has 88 valence electrons. The molecule has 0 bridgehead atoms. The van der Waals surface area contributed by atoms with E-state index in [-0.39, 0.29) is 5.78 Å². The summed E-state index contributed by atoms with van der Waals surface area (Å²) in [6, 6.07) is 9.76. The average Bonchev–Trinajstić information content (AvgIpc) is 2.78. The lowest BCUT2D eigenvalue weighted by Gasteiger charge is -1.98. The maximum atomic E-state index is 11.8. The predicted octanol–water partition coefficient (Wildman–Crippen LogP) is 2.61. The highest BCUT2D eigenvalue weighted by molar-refractivity contribution is 7.98. The molecule has 0 saturated heterocycles. The standard InChI is InChI=1S/C12H12N2OS2/c1-16-12-13-11(17-14-12)8-10(15)7-9-5-3-2-4-6-9/h2-6H,7-8H2,1H3. The first kappa shape index (κ1) is 12.3. The van der Waals surface area contributed by atoms with Gasteiger partial charge in [0, 0.05) is 6.42 Å². The van der Waals surface area contributed by atoms with E-state index in [2.05, 4.69) is 9.36 Å². The minimum atomic E-state index is 0.181. The number of Topliss-reactive ketones (excluding diaryl/α,β-unsaturated/α-hetero) is 1. The van der Waals surface area contributed by atoms with Gasteiger partial charge in [0.15, 0.2) is 5.16 Å². The van der Waals surface area contributed by atoms with Crippen molar-refractivity contribution in [2.75, 3.05) is 6.26 Å². The molecule has 0 N–H and O–H groups in total. The first-order valence-corrected chi connectivity index (χ1v) is 7.20. The third-order valence-corrected chi connectivity index (χ3v) is 3.60. The van der Waals surface area contributed by atoms with E-state index in [0.717, 1.165) is 15.7 Å². The fourth-order valence-corrected chi connectivity index (χ4v) is 2.69. The molecule has 0 spiro atoms. The van der Waals surface area contributed by atoms with Crippen LogP contribution in [0.5, 0.6) is 0 Å². The van der Waals surface area contributed by atoms with E-state index >= 15 is 0 Å². The van der Waals surface area contributed by atoms with Crippen LogP contribution in [-0.2, 0) is 17.6 Å². The molecule has 1 aromatic heterocycles. The van der Waals surface area contributed by atoms with Gasteiger partial charge in [0.2, 0.25) is 0 Å². The van der Waals surface area contributed by atoms with Crippen LogP contribution >= 0.6 is 23.3 Å². The highest BCUT2D eigenvalue weighted by Gasteiger charge is 2.09. The number of rotatable bonds is 5. The topological polar surface area (TPSA) is 42.9 Å². The molecule has 0 amide bonds. The molecule has 17 heavy (non-hydrogen) atoms. The van der Waals surface area contributed by atoms with Gasteiger partial charge in [-0.15, -0.1) is 0 Å². The maximum Gasteiger partial charge on any atom is 0.200 e. The summed E-state index contributed by atoms with van der Waals surface area (Å²) in [6.45, 7) is 0. The lowest BCUT2D eigenvalue weighted by molar-refractivity contribution is -0.117. The van der Waals surface area contributed by atoms with Gasteiger partial charge in [-0.1, -0.05) is 42.1 Å². The highest BCUT2D eigenvalue weighted by Crippen LogP contribution is 2.14. The van der Waals surface area contributed by atoms with Crippen molar-refractivity contribution < 1.29 is 4.79 Å². The van der Waals surface area contributed by atoms with E-state index in [1.807, 2.05) is 36.6 Å². The highest BCUT2D eigenvalue weighted by atomic mass is 32.2. The van der Waals surface area contributed by atoms with Gasteiger partial charge in [0.25, 0.3) is 0 Å². The van der Waals surface area contributed by atoms with Gasteiger partial charge in [-0.2, -0.15) is 4.37 Å². The first-order valence-electron chi connectivity index (χ1n) is 5.20. The Morgan fingerprint density at radius 1 is 1.29 bits per heavy atom. The summed E-state index contributed by atoms with van der Waals surface area (Å²) in [5, 5.41) is 1.55. The summed E-state index contributed by atoms with van der Waals surface area (Å²) >= 11 is 2.81. The van der Waals surface area contributed by atoms with Crippen molar-refractivity contribution in [3.8, 4) is 0 Å². The number of thioether (sulfide) groups is 1. The van der Waals surface area contributed by atoms with E-state index in [4.69, 9.17) is 0 Å². The summed E-state index contributed by atoms with van der Waals surface area (Å²) in [6.07, 6.45) is 2.78. The van der Waals surface area contributed by atoms with E-state index in [1.54, 1.807) is 0 Å². The van der Waals surface area contributed by atoms with Crippen LogP contribution in [0.1, 0.15) is 10.6 Å². The Morgan fingerprint density at radius 3 is 2.71 bits per heavy atom. The zero-order chi connectivity index (χ0) is 12.1. The molecular weight excluding hydrogens is 252 g/mol. The van der Waals surface area contributed by atoms with Gasteiger partial charge in [0.1, 0.15) is 10.8 Å². The normalized spacial score (nSPS) is 10.4. The average molecular weight is 264 g/mol. The smallest absolute Gasteiger partial charge is 0.200 e. The Balaban J connectivity index is 1.93. The summed E-state index contributed by atoms with van der Waals surface area (Å²) in [7, 11) is 0. The predicted molar refractivity (Wildman–Crippen MR) is 70.5 cm³/mol. The van der Waals surface area contributed by atoms with Crippen LogP contribution in [0.3, 0.4) is 0 Å². The van der Waals surface area contributed by atoms with Gasteiger partial charge in [-0.3, -0.25) is 4.79 Å². The SMILES string of the molecule is CSc1nsc(CC(=O)Cc2ccccc2)n1. The second kappa shape index (κ2) is 5.93. The molecule has 0 unspecified atom stereocenters. The van der Waals surface area contributed by atoms with Gasteiger partial charge in [-0.05, 0) is 23.4 Å². The number of aromatic nitrogens is 2. The van der Waals surface area contributed by atoms with Crippen molar-refractivity contribution in [3.05, 3.63) is 40.9 Å². The van der Waals surface area contributed by atoms with Crippen LogP contribution in [0, 0.1) is 0 Å². The Hall–Kier alpha value is -1.20. The van der Waals surface area contributed by atoms with Gasteiger partial charge < -0.3 is 0 Å². The van der Waals surface area contributed by atoms with Crippen LogP contribution in [0.25, 0.3) is 0 Å². The summed E-state index contributed by atoms with van der Waals surface area (Å²) in [5.41, 5.74) is 1.05. The fourth-order valence-electron chi connectivity index (χ4n) is 1.45. The molecule has 2 rings (SSSR count). The number of nitrogens with zero attached hydrogens (tertiary/aromatic N) is 2. The third kappa shape index (κ3) is 3.64. The van der Waals surface area contributed by atoms with E-state index < -0.39 is 0 Å². The minimum Gasteiger partial charge on any atom is -0.299 e. The fraction of sp³-hybridized carbons (Fsp3) is 0.250. The second-order valence-electron chi connectivity index (χ2n) is 3.55. The largest absolute Gasteiger partial charge is 0.299 e. The number of hydrogen-bond acceptors (Lipinski definition) is 5.